The van der Waals surface area contributed by atoms with Gasteiger partial charge in [0.05, 0.1) is 6.20 Å². The molecule has 0 radical (unpaired) electrons. The normalized spacial score (nSPS) is 27.6. The molecular weight excluding hydrogens is 100 g/mol. The summed E-state index contributed by atoms with van der Waals surface area (Å²) in [4.78, 5) is 5.13. The molecule has 44 valence electrons. The molecule has 0 fully saturated rings. The van der Waals surface area contributed by atoms with Crippen LogP contribution in [-0.4, -0.2) is 5.84 Å². The Morgan fingerprint density at radius 3 is 2.38 bits per heavy atom. The first kappa shape index (κ1) is 5.51. The molecule has 0 aromatic heterocycles. The molecular formula is C6H10N2. The second-order valence-corrected chi connectivity index (χ2v) is 2.01. The SMILES string of the molecule is [CH2-][NH+]1C(C)=CN=C1C. The van der Waals surface area contributed by atoms with Crippen LogP contribution in [0, 0.1) is 7.05 Å². The maximum absolute atomic E-state index is 4.05. The predicted molar refractivity (Wildman–Crippen MR) is 33.2 cm³/mol. The number of hydrogen-bond acceptors (Lipinski definition) is 1. The molecule has 2 heteroatoms. The van der Waals surface area contributed by atoms with Crippen LogP contribution >= 0.6 is 0 Å². The van der Waals surface area contributed by atoms with Crippen molar-refractivity contribution in [3.63, 3.8) is 0 Å². The highest BCUT2D eigenvalue weighted by Crippen LogP contribution is 1.88. The van der Waals surface area contributed by atoms with Crippen molar-refractivity contribution in [2.45, 2.75) is 13.8 Å². The van der Waals surface area contributed by atoms with Gasteiger partial charge in [0.25, 0.3) is 0 Å². The molecule has 8 heavy (non-hydrogen) atoms. The van der Waals surface area contributed by atoms with Crippen molar-refractivity contribution >= 4 is 5.84 Å². The summed E-state index contributed by atoms with van der Waals surface area (Å²) < 4.78 is 0. The molecule has 2 nitrogen and oxygen atoms in total. The maximum Gasteiger partial charge on any atom is 0.176 e. The molecule has 0 bridgehead atoms. The van der Waals surface area contributed by atoms with E-state index in [1.54, 1.807) is 0 Å². The molecule has 0 aromatic rings. The van der Waals surface area contributed by atoms with Crippen LogP contribution in [0.3, 0.4) is 0 Å². The fraction of sp³-hybridized carbons (Fsp3) is 0.333. The Kier molecular flexibility index (Phi) is 1.18. The third kappa shape index (κ3) is 0.670. The second-order valence-electron chi connectivity index (χ2n) is 2.01. The predicted octanol–water partition coefficient (Wildman–Crippen LogP) is -0.0438. The average molecular weight is 110 g/mol. The zero-order valence-electron chi connectivity index (χ0n) is 5.23. The van der Waals surface area contributed by atoms with Gasteiger partial charge in [-0.1, -0.05) is 0 Å². The Labute approximate surface area is 49.5 Å². The van der Waals surface area contributed by atoms with Crippen molar-refractivity contribution in [3.8, 4) is 0 Å². The van der Waals surface area contributed by atoms with E-state index in [0.717, 1.165) is 10.7 Å². The molecule has 1 heterocycles. The van der Waals surface area contributed by atoms with E-state index in [9.17, 15) is 0 Å². The first-order valence-corrected chi connectivity index (χ1v) is 2.62. The van der Waals surface area contributed by atoms with Gasteiger partial charge in [-0.25, -0.2) is 4.99 Å². The summed E-state index contributed by atoms with van der Waals surface area (Å²) in [5.74, 6) is 1.04. The number of amidine groups is 1. The molecule has 1 aliphatic rings. The summed E-state index contributed by atoms with van der Waals surface area (Å²) in [6.45, 7) is 3.98. The van der Waals surface area contributed by atoms with Crippen LogP contribution in [0.4, 0.5) is 0 Å². The van der Waals surface area contributed by atoms with Gasteiger partial charge in [0.1, 0.15) is 5.70 Å². The van der Waals surface area contributed by atoms with Gasteiger partial charge >= 0.3 is 0 Å². The minimum Gasteiger partial charge on any atom is -0.392 e. The van der Waals surface area contributed by atoms with Gasteiger partial charge in [-0.2, -0.15) is 0 Å². The summed E-state index contributed by atoms with van der Waals surface area (Å²) in [6.07, 6.45) is 1.84. The maximum atomic E-state index is 4.05. The second kappa shape index (κ2) is 1.71. The lowest BCUT2D eigenvalue weighted by atomic mass is 10.5. The van der Waals surface area contributed by atoms with Gasteiger partial charge in [-0.05, 0) is 0 Å². The van der Waals surface area contributed by atoms with Crippen molar-refractivity contribution in [3.05, 3.63) is 18.9 Å². The van der Waals surface area contributed by atoms with E-state index in [1.807, 2.05) is 20.0 Å². The van der Waals surface area contributed by atoms with Gasteiger partial charge in [0, 0.05) is 13.8 Å². The quantitative estimate of drug-likeness (QED) is 0.421. The number of rotatable bonds is 0. The molecule has 1 N–H and O–H groups in total. The Morgan fingerprint density at radius 2 is 2.25 bits per heavy atom. The van der Waals surface area contributed by atoms with E-state index in [4.69, 9.17) is 0 Å². The molecule has 1 rings (SSSR count). The zero-order chi connectivity index (χ0) is 6.15. The van der Waals surface area contributed by atoms with Gasteiger partial charge in [0.15, 0.2) is 5.84 Å². The van der Waals surface area contributed by atoms with Crippen LogP contribution < -0.4 is 4.90 Å². The highest BCUT2D eigenvalue weighted by atomic mass is 15.2. The average Bonchev–Trinajstić information content (AvgIpc) is 1.98. The number of aliphatic imine (C=N–C) groups is 1. The van der Waals surface area contributed by atoms with E-state index in [1.165, 1.54) is 5.70 Å². The topological polar surface area (TPSA) is 16.8 Å². The molecule has 0 saturated carbocycles. The first-order chi connectivity index (χ1) is 3.72. The molecule has 0 spiro atoms. The van der Waals surface area contributed by atoms with E-state index >= 15 is 0 Å². The van der Waals surface area contributed by atoms with E-state index in [-0.39, 0.29) is 0 Å². The van der Waals surface area contributed by atoms with Gasteiger partial charge in [-0.3, -0.25) is 0 Å². The van der Waals surface area contributed by atoms with Crippen LogP contribution in [0.5, 0.6) is 0 Å². The van der Waals surface area contributed by atoms with Crippen LogP contribution in [0.2, 0.25) is 0 Å². The van der Waals surface area contributed by atoms with E-state index in [2.05, 4.69) is 12.0 Å². The minimum atomic E-state index is 1.04. The number of nitrogens with one attached hydrogen (secondary N) is 1. The van der Waals surface area contributed by atoms with E-state index < -0.39 is 0 Å². The van der Waals surface area contributed by atoms with Crippen LogP contribution in [0.15, 0.2) is 16.9 Å². The summed E-state index contributed by atoms with van der Waals surface area (Å²) in [6, 6.07) is 0. The summed E-state index contributed by atoms with van der Waals surface area (Å²) >= 11 is 0. The number of quaternary nitrogens is 1. The fourth-order valence-corrected chi connectivity index (χ4v) is 0.635. The van der Waals surface area contributed by atoms with Crippen LogP contribution in [0.25, 0.3) is 0 Å². The fourth-order valence-electron chi connectivity index (χ4n) is 0.635. The van der Waals surface area contributed by atoms with E-state index in [0.29, 0.717) is 0 Å². The van der Waals surface area contributed by atoms with Crippen LogP contribution in [0.1, 0.15) is 13.8 Å². The number of hydrogen-bond donors (Lipinski definition) is 1. The Morgan fingerprint density at radius 1 is 1.62 bits per heavy atom. The molecule has 0 saturated heterocycles. The largest absolute Gasteiger partial charge is 0.392 e. The third-order valence-electron chi connectivity index (χ3n) is 1.36. The van der Waals surface area contributed by atoms with Crippen molar-refractivity contribution in [2.24, 2.45) is 4.99 Å². The molecule has 1 unspecified atom stereocenters. The monoisotopic (exact) mass is 110 g/mol. The summed E-state index contributed by atoms with van der Waals surface area (Å²) in [5.41, 5.74) is 1.18. The number of nitrogens with zero attached hydrogens (tertiary/aromatic N) is 1. The van der Waals surface area contributed by atoms with Gasteiger partial charge in [0.2, 0.25) is 0 Å². The molecule has 0 amide bonds. The molecule has 1 atom stereocenters. The Balaban J connectivity index is 2.75. The molecule has 0 aromatic carbocycles. The summed E-state index contributed by atoms with van der Waals surface area (Å²) in [5, 5.41) is 0. The van der Waals surface area contributed by atoms with Crippen molar-refractivity contribution in [1.29, 1.82) is 0 Å². The Bertz CT molecular complexity index is 138. The lowest BCUT2D eigenvalue weighted by Gasteiger charge is -2.12. The summed E-state index contributed by atoms with van der Waals surface area (Å²) in [7, 11) is 3.82. The number of allylic oxidation sites excluding steroid dienone is 1. The van der Waals surface area contributed by atoms with Crippen LogP contribution in [-0.2, 0) is 0 Å². The van der Waals surface area contributed by atoms with Crippen molar-refractivity contribution < 1.29 is 4.90 Å². The lowest BCUT2D eigenvalue weighted by Crippen LogP contribution is -3.05. The highest BCUT2D eigenvalue weighted by molar-refractivity contribution is 5.73. The standard InChI is InChI=1S/C6H10N2/c1-5-4-7-6(2)8(5)3/h4,8H,3H2,1-2H3. The zero-order valence-corrected chi connectivity index (χ0v) is 5.23. The Hall–Kier alpha value is -0.630. The van der Waals surface area contributed by atoms with Gasteiger partial charge in [-0.15, -0.1) is 7.05 Å². The highest BCUT2D eigenvalue weighted by Gasteiger charge is 2.07. The third-order valence-corrected chi connectivity index (χ3v) is 1.36. The molecule has 1 aliphatic heterocycles. The van der Waals surface area contributed by atoms with Gasteiger partial charge < -0.3 is 4.90 Å². The molecule has 0 aliphatic carbocycles. The van der Waals surface area contributed by atoms with Crippen molar-refractivity contribution in [1.82, 2.24) is 0 Å². The smallest absolute Gasteiger partial charge is 0.176 e. The lowest BCUT2D eigenvalue weighted by molar-refractivity contribution is -0.705. The van der Waals surface area contributed by atoms with Crippen molar-refractivity contribution in [2.75, 3.05) is 0 Å². The first-order valence-electron chi connectivity index (χ1n) is 2.62. The minimum absolute atomic E-state index is 1.04.